The number of carbonyl (C=O) groups excluding carboxylic acids is 4. The van der Waals surface area contributed by atoms with Gasteiger partial charge in [0.2, 0.25) is 17.7 Å². The fraction of sp³-hybridized carbons (Fsp3) is 0.714. The molecule has 0 saturated carbocycles. The van der Waals surface area contributed by atoms with Crippen LogP contribution in [0, 0.1) is 0 Å². The Morgan fingerprint density at radius 3 is 2.13 bits per heavy atom. The van der Waals surface area contributed by atoms with Crippen LogP contribution < -0.4 is 11.1 Å². The second kappa shape index (κ2) is 11.6. The molecular formula is C14H27BN4O4. The molecule has 3 N–H and O–H groups in total. The lowest BCUT2D eigenvalue weighted by molar-refractivity contribution is -0.135. The van der Waals surface area contributed by atoms with Crippen LogP contribution >= 0.6 is 0 Å². The van der Waals surface area contributed by atoms with Gasteiger partial charge in [-0.25, -0.2) is 0 Å². The third-order valence-corrected chi connectivity index (χ3v) is 3.16. The summed E-state index contributed by atoms with van der Waals surface area (Å²) in [5, 5.41) is 2.65. The number of amides is 3. The van der Waals surface area contributed by atoms with Crippen molar-refractivity contribution >= 4 is 31.4 Å². The minimum atomic E-state index is -0.313. The standard InChI is InChI=1S/C14H27BN4O4/c1-3-13(22)19(9-11(2)20)7-5-17-12(21)10-18(6-4-16)14(23)8-15/h3-10,15-16H2,1-2H3,(H,17,21). The lowest BCUT2D eigenvalue weighted by atomic mass is 10.0. The van der Waals surface area contributed by atoms with Crippen molar-refractivity contribution in [2.75, 3.05) is 39.3 Å². The quantitative estimate of drug-likeness (QED) is 0.417. The van der Waals surface area contributed by atoms with Gasteiger partial charge in [0, 0.05) is 32.6 Å². The van der Waals surface area contributed by atoms with Gasteiger partial charge in [-0.2, -0.15) is 0 Å². The largest absolute Gasteiger partial charge is 0.353 e. The summed E-state index contributed by atoms with van der Waals surface area (Å²) in [6, 6.07) is 0. The first-order chi connectivity index (χ1) is 10.8. The van der Waals surface area contributed by atoms with E-state index in [1.807, 2.05) is 0 Å². The number of ketones is 1. The van der Waals surface area contributed by atoms with Crippen molar-refractivity contribution < 1.29 is 19.2 Å². The van der Waals surface area contributed by atoms with E-state index in [0.717, 1.165) is 0 Å². The molecule has 0 rings (SSSR count). The van der Waals surface area contributed by atoms with Gasteiger partial charge >= 0.3 is 0 Å². The van der Waals surface area contributed by atoms with Gasteiger partial charge in [-0.3, -0.25) is 19.2 Å². The first-order valence-corrected chi connectivity index (χ1v) is 7.87. The average molecular weight is 326 g/mol. The van der Waals surface area contributed by atoms with Crippen molar-refractivity contribution in [1.82, 2.24) is 15.1 Å². The van der Waals surface area contributed by atoms with Crippen LogP contribution in [-0.4, -0.2) is 80.4 Å². The number of carbonyl (C=O) groups is 4. The first-order valence-electron chi connectivity index (χ1n) is 7.87. The molecule has 8 nitrogen and oxygen atoms in total. The Bertz CT molecular complexity index is 431. The Labute approximate surface area is 138 Å². The van der Waals surface area contributed by atoms with E-state index in [1.54, 1.807) is 14.8 Å². The number of rotatable bonds is 11. The molecule has 0 heterocycles. The molecule has 0 aliphatic carbocycles. The summed E-state index contributed by atoms with van der Waals surface area (Å²) in [5.74, 6) is -0.696. The van der Waals surface area contributed by atoms with Crippen molar-refractivity contribution in [2.45, 2.75) is 26.6 Å². The van der Waals surface area contributed by atoms with E-state index >= 15 is 0 Å². The van der Waals surface area contributed by atoms with Crippen molar-refractivity contribution in [2.24, 2.45) is 5.73 Å². The van der Waals surface area contributed by atoms with Crippen LogP contribution in [0.2, 0.25) is 6.32 Å². The van der Waals surface area contributed by atoms with Gasteiger partial charge in [-0.05, 0) is 13.2 Å². The molecule has 0 aromatic rings. The lowest BCUT2D eigenvalue weighted by Gasteiger charge is -2.23. The molecule has 0 aliphatic heterocycles. The molecule has 0 aromatic carbocycles. The predicted octanol–water partition coefficient (Wildman–Crippen LogP) is -2.23. The van der Waals surface area contributed by atoms with E-state index in [0.29, 0.717) is 19.3 Å². The Kier molecular flexibility index (Phi) is 10.7. The van der Waals surface area contributed by atoms with Crippen LogP contribution in [0.3, 0.4) is 0 Å². The minimum Gasteiger partial charge on any atom is -0.353 e. The van der Waals surface area contributed by atoms with Crippen LogP contribution in [0.25, 0.3) is 0 Å². The number of Topliss-reactive ketones (excluding diaryl/α,β-unsaturated/α-hetero) is 1. The highest BCUT2D eigenvalue weighted by atomic mass is 16.2. The Hall–Kier alpha value is -1.90. The molecule has 0 saturated heterocycles. The number of hydrogen-bond donors (Lipinski definition) is 2. The van der Waals surface area contributed by atoms with E-state index in [9.17, 15) is 19.2 Å². The van der Waals surface area contributed by atoms with Crippen LogP contribution in [0.1, 0.15) is 20.3 Å². The van der Waals surface area contributed by atoms with Gasteiger partial charge in [0.1, 0.15) is 13.6 Å². The Morgan fingerprint density at radius 1 is 1.04 bits per heavy atom. The highest BCUT2D eigenvalue weighted by molar-refractivity contribution is 6.19. The number of hydrogen-bond acceptors (Lipinski definition) is 5. The van der Waals surface area contributed by atoms with Gasteiger partial charge in [0.25, 0.3) is 0 Å². The van der Waals surface area contributed by atoms with Crippen molar-refractivity contribution in [3.05, 3.63) is 0 Å². The van der Waals surface area contributed by atoms with Crippen molar-refractivity contribution in [1.29, 1.82) is 0 Å². The molecular weight excluding hydrogens is 299 g/mol. The fourth-order valence-corrected chi connectivity index (χ4v) is 2.02. The maximum Gasteiger partial charge on any atom is 0.239 e. The van der Waals surface area contributed by atoms with Gasteiger partial charge in [-0.15, -0.1) is 0 Å². The van der Waals surface area contributed by atoms with E-state index < -0.39 is 0 Å². The van der Waals surface area contributed by atoms with Crippen LogP contribution in [0.5, 0.6) is 0 Å². The summed E-state index contributed by atoms with van der Waals surface area (Å²) < 4.78 is 0. The Balaban J connectivity index is 4.36. The molecule has 0 spiro atoms. The summed E-state index contributed by atoms with van der Waals surface area (Å²) in [5.41, 5.74) is 5.43. The van der Waals surface area contributed by atoms with Gasteiger partial charge in [0.05, 0.1) is 13.1 Å². The van der Waals surface area contributed by atoms with Crippen LogP contribution in [-0.2, 0) is 19.2 Å². The molecule has 0 atom stereocenters. The minimum absolute atomic E-state index is 0.0379. The molecule has 0 aromatic heterocycles. The number of nitrogens with zero attached hydrogens (tertiary/aromatic N) is 2. The summed E-state index contributed by atoms with van der Waals surface area (Å²) >= 11 is 0. The lowest BCUT2D eigenvalue weighted by Crippen LogP contribution is -2.45. The first kappa shape index (κ1) is 21.1. The van der Waals surface area contributed by atoms with Gasteiger partial charge in [0.15, 0.2) is 0 Å². The molecule has 3 amide bonds. The zero-order valence-corrected chi connectivity index (χ0v) is 14.3. The van der Waals surface area contributed by atoms with E-state index in [2.05, 4.69) is 5.32 Å². The monoisotopic (exact) mass is 326 g/mol. The Morgan fingerprint density at radius 2 is 1.65 bits per heavy atom. The van der Waals surface area contributed by atoms with Crippen molar-refractivity contribution in [3.8, 4) is 0 Å². The maximum atomic E-state index is 11.9. The molecule has 9 heteroatoms. The van der Waals surface area contributed by atoms with Crippen molar-refractivity contribution in [3.63, 3.8) is 0 Å². The second-order valence-corrected chi connectivity index (χ2v) is 5.18. The smallest absolute Gasteiger partial charge is 0.239 e. The topological polar surface area (TPSA) is 113 Å². The zero-order valence-electron chi connectivity index (χ0n) is 14.3. The van der Waals surface area contributed by atoms with Crippen LogP contribution in [0.15, 0.2) is 0 Å². The normalized spacial score (nSPS) is 10.0. The summed E-state index contributed by atoms with van der Waals surface area (Å²) in [6.45, 7) is 4.21. The predicted molar refractivity (Wildman–Crippen MR) is 89.5 cm³/mol. The van der Waals surface area contributed by atoms with Gasteiger partial charge < -0.3 is 20.9 Å². The van der Waals surface area contributed by atoms with E-state index in [4.69, 9.17) is 5.73 Å². The third kappa shape index (κ3) is 8.97. The molecule has 0 fully saturated rings. The van der Waals surface area contributed by atoms with Crippen LogP contribution in [0.4, 0.5) is 0 Å². The molecule has 0 aliphatic rings. The summed E-state index contributed by atoms with van der Waals surface area (Å²) in [4.78, 5) is 49.2. The molecule has 130 valence electrons. The fourth-order valence-electron chi connectivity index (χ4n) is 2.02. The van der Waals surface area contributed by atoms with E-state index in [-0.39, 0.29) is 56.2 Å². The summed E-state index contributed by atoms with van der Waals surface area (Å²) in [6.07, 6.45) is 0.612. The zero-order chi connectivity index (χ0) is 17.8. The average Bonchev–Trinajstić information content (AvgIpc) is 2.51. The SMILES string of the molecule is BCC(=O)N(CCN)CC(=O)NCCN(CC(C)=O)C(=O)CC. The van der Waals surface area contributed by atoms with Gasteiger partial charge in [-0.1, -0.05) is 6.92 Å². The second-order valence-electron chi connectivity index (χ2n) is 5.18. The maximum absolute atomic E-state index is 11.9. The molecule has 0 radical (unpaired) electrons. The number of nitrogens with two attached hydrogens (primary N) is 1. The van der Waals surface area contributed by atoms with E-state index in [1.165, 1.54) is 16.7 Å². The highest BCUT2D eigenvalue weighted by Gasteiger charge is 2.16. The molecule has 23 heavy (non-hydrogen) atoms. The molecule has 0 unspecified atom stereocenters. The number of nitrogens with one attached hydrogen (secondary N) is 1. The highest BCUT2D eigenvalue weighted by Crippen LogP contribution is 1.95. The summed E-state index contributed by atoms with van der Waals surface area (Å²) in [7, 11) is 1.72. The third-order valence-electron chi connectivity index (χ3n) is 3.16. The molecule has 0 bridgehead atoms.